The molecule has 0 atom stereocenters. The number of carbonyl (C=O) groups is 1. The fraction of sp³-hybridized carbons (Fsp3) is 0.727. The lowest BCUT2D eigenvalue weighted by atomic mass is 10.1. The maximum Gasteiger partial charge on any atom is 0.291 e. The molecular weight excluding hydrogens is 234 g/mol. The van der Waals surface area contributed by atoms with Crippen LogP contribution in [0.4, 0.5) is 0 Å². The van der Waals surface area contributed by atoms with E-state index < -0.39 is 0 Å². The van der Waals surface area contributed by atoms with E-state index in [2.05, 4.69) is 25.8 Å². The normalized spacial score (nSPS) is 16.7. The van der Waals surface area contributed by atoms with Gasteiger partial charge in [-0.1, -0.05) is 0 Å². The first-order valence-corrected chi connectivity index (χ1v) is 6.25. The number of nitrogens with zero attached hydrogens (tertiary/aromatic N) is 2. The van der Waals surface area contributed by atoms with Crippen LogP contribution in [0.15, 0.2) is 0 Å². The summed E-state index contributed by atoms with van der Waals surface area (Å²) >= 11 is 0. The van der Waals surface area contributed by atoms with E-state index in [-0.39, 0.29) is 11.7 Å². The first-order valence-electron chi connectivity index (χ1n) is 6.25. The molecule has 1 amide bonds. The maximum absolute atomic E-state index is 11.6. The monoisotopic (exact) mass is 253 g/mol. The van der Waals surface area contributed by atoms with Gasteiger partial charge in [-0.05, 0) is 32.9 Å². The minimum absolute atomic E-state index is 0.175. The van der Waals surface area contributed by atoms with Crippen LogP contribution >= 0.6 is 0 Å². The van der Waals surface area contributed by atoms with Gasteiger partial charge in [0.15, 0.2) is 0 Å². The number of carbonyl (C=O) groups excluding carboxylic acids is 1. The van der Waals surface area contributed by atoms with E-state index in [4.69, 9.17) is 4.74 Å². The second kappa shape index (κ2) is 6.46. The van der Waals surface area contributed by atoms with Crippen LogP contribution in [0.5, 0.6) is 0 Å². The van der Waals surface area contributed by atoms with E-state index in [1.54, 1.807) is 6.92 Å². The minimum atomic E-state index is -0.270. The average Bonchev–Trinajstić information content (AvgIpc) is 2.82. The highest BCUT2D eigenvalue weighted by Gasteiger charge is 2.14. The first kappa shape index (κ1) is 13.0. The second-order valence-corrected chi connectivity index (χ2v) is 4.32. The number of hydrogen-bond acceptors (Lipinski definition) is 5. The van der Waals surface area contributed by atoms with E-state index in [9.17, 15) is 4.79 Å². The number of piperidine rings is 1. The Morgan fingerprint density at radius 1 is 1.50 bits per heavy atom. The van der Waals surface area contributed by atoms with Gasteiger partial charge in [-0.25, -0.2) is 4.98 Å². The molecule has 0 aliphatic carbocycles. The van der Waals surface area contributed by atoms with Gasteiger partial charge < -0.3 is 15.4 Å². The molecule has 0 unspecified atom stereocenters. The third-order valence-corrected chi connectivity index (χ3v) is 2.83. The molecule has 0 aromatic carbocycles. The summed E-state index contributed by atoms with van der Waals surface area (Å²) in [4.78, 5) is 15.5. The fourth-order valence-electron chi connectivity index (χ4n) is 1.88. The number of hydrogen-bond donors (Lipinski definition) is 3. The molecule has 0 saturated carbocycles. The largest absolute Gasteiger partial charge is 0.376 e. The summed E-state index contributed by atoms with van der Waals surface area (Å²) in [6.45, 7) is 4.78. The molecule has 0 bridgehead atoms. The lowest BCUT2D eigenvalue weighted by Crippen LogP contribution is -2.35. The Morgan fingerprint density at radius 2 is 2.28 bits per heavy atom. The summed E-state index contributed by atoms with van der Waals surface area (Å²) in [5.74, 6) is 0.536. The van der Waals surface area contributed by atoms with Gasteiger partial charge in [0.2, 0.25) is 5.82 Å². The van der Waals surface area contributed by atoms with Crippen LogP contribution in [0, 0.1) is 6.92 Å². The van der Waals surface area contributed by atoms with Crippen molar-refractivity contribution < 1.29 is 9.53 Å². The highest BCUT2D eigenvalue weighted by Crippen LogP contribution is 2.06. The standard InChI is InChI=1S/C11H19N5O2/c1-8-14-10(16-15-8)11(17)13-6-7-18-9-2-4-12-5-3-9/h9,12H,2-7H2,1H3,(H,13,17)(H,14,15,16). The van der Waals surface area contributed by atoms with Gasteiger partial charge in [0.05, 0.1) is 12.7 Å². The van der Waals surface area contributed by atoms with Crippen LogP contribution in [0.1, 0.15) is 29.3 Å². The summed E-state index contributed by atoms with van der Waals surface area (Å²) in [6.07, 6.45) is 2.39. The van der Waals surface area contributed by atoms with Crippen molar-refractivity contribution in [3.05, 3.63) is 11.6 Å². The Morgan fingerprint density at radius 3 is 2.94 bits per heavy atom. The Balaban J connectivity index is 1.61. The maximum atomic E-state index is 11.6. The SMILES string of the molecule is Cc1nc(C(=O)NCCOC2CCNCC2)n[nH]1. The van der Waals surface area contributed by atoms with Gasteiger partial charge in [0.25, 0.3) is 5.91 Å². The Kier molecular flexibility index (Phi) is 4.66. The second-order valence-electron chi connectivity index (χ2n) is 4.32. The molecule has 2 rings (SSSR count). The van der Waals surface area contributed by atoms with E-state index >= 15 is 0 Å². The van der Waals surface area contributed by atoms with Crippen molar-refractivity contribution in [3.8, 4) is 0 Å². The molecule has 1 aliphatic heterocycles. The van der Waals surface area contributed by atoms with Gasteiger partial charge in [-0.15, -0.1) is 5.10 Å². The lowest BCUT2D eigenvalue weighted by molar-refractivity contribution is 0.0342. The summed E-state index contributed by atoms with van der Waals surface area (Å²) in [6, 6.07) is 0. The quantitative estimate of drug-likeness (QED) is 0.622. The van der Waals surface area contributed by atoms with Crippen molar-refractivity contribution >= 4 is 5.91 Å². The Bertz CT molecular complexity index is 387. The number of aryl methyl sites for hydroxylation is 1. The predicted molar refractivity (Wildman–Crippen MR) is 65.3 cm³/mol. The van der Waals surface area contributed by atoms with Crippen LogP contribution in [0.2, 0.25) is 0 Å². The van der Waals surface area contributed by atoms with Crippen molar-refractivity contribution in [2.75, 3.05) is 26.2 Å². The number of aromatic amines is 1. The number of nitrogens with one attached hydrogen (secondary N) is 3. The topological polar surface area (TPSA) is 91.9 Å². The fourth-order valence-corrected chi connectivity index (χ4v) is 1.88. The Hall–Kier alpha value is -1.47. The molecule has 2 heterocycles. The Labute approximate surface area is 106 Å². The average molecular weight is 253 g/mol. The van der Waals surface area contributed by atoms with Crippen molar-refractivity contribution in [2.45, 2.75) is 25.9 Å². The van der Waals surface area contributed by atoms with Crippen molar-refractivity contribution in [2.24, 2.45) is 0 Å². The third-order valence-electron chi connectivity index (χ3n) is 2.83. The molecule has 1 aromatic rings. The number of H-pyrrole nitrogens is 1. The summed E-state index contributed by atoms with van der Waals surface area (Å²) in [7, 11) is 0. The van der Waals surface area contributed by atoms with Crippen LogP contribution < -0.4 is 10.6 Å². The highest BCUT2D eigenvalue weighted by atomic mass is 16.5. The van der Waals surface area contributed by atoms with Crippen LogP contribution in [0.3, 0.4) is 0 Å². The van der Waals surface area contributed by atoms with Gasteiger partial charge in [0, 0.05) is 6.54 Å². The summed E-state index contributed by atoms with van der Waals surface area (Å²) in [5.41, 5.74) is 0. The minimum Gasteiger partial charge on any atom is -0.376 e. The first-order chi connectivity index (χ1) is 8.75. The van der Waals surface area contributed by atoms with Gasteiger partial charge >= 0.3 is 0 Å². The van der Waals surface area contributed by atoms with Crippen molar-refractivity contribution in [3.63, 3.8) is 0 Å². The zero-order chi connectivity index (χ0) is 12.8. The summed E-state index contributed by atoms with van der Waals surface area (Å²) in [5, 5.41) is 12.4. The van der Waals surface area contributed by atoms with Crippen molar-refractivity contribution in [1.82, 2.24) is 25.8 Å². The van der Waals surface area contributed by atoms with E-state index in [1.807, 2.05) is 0 Å². The summed E-state index contributed by atoms with van der Waals surface area (Å²) < 4.78 is 5.67. The molecule has 1 aliphatic rings. The molecule has 100 valence electrons. The van der Waals surface area contributed by atoms with Crippen LogP contribution in [-0.4, -0.2) is 53.4 Å². The van der Waals surface area contributed by atoms with Gasteiger partial charge in [-0.2, -0.15) is 0 Å². The molecule has 1 saturated heterocycles. The number of amides is 1. The smallest absolute Gasteiger partial charge is 0.291 e. The number of ether oxygens (including phenoxy) is 1. The third kappa shape index (κ3) is 3.78. The number of rotatable bonds is 5. The van der Waals surface area contributed by atoms with E-state index in [0.717, 1.165) is 25.9 Å². The molecule has 3 N–H and O–H groups in total. The molecule has 1 fully saturated rings. The predicted octanol–water partition coefficient (Wildman–Crippen LogP) is -0.388. The zero-order valence-electron chi connectivity index (χ0n) is 10.5. The molecule has 7 nitrogen and oxygen atoms in total. The molecule has 0 spiro atoms. The van der Waals surface area contributed by atoms with Crippen molar-refractivity contribution in [1.29, 1.82) is 0 Å². The van der Waals surface area contributed by atoms with E-state index in [0.29, 0.717) is 25.1 Å². The van der Waals surface area contributed by atoms with Crippen LogP contribution in [0.25, 0.3) is 0 Å². The highest BCUT2D eigenvalue weighted by molar-refractivity contribution is 5.90. The molecule has 7 heteroatoms. The molecule has 0 radical (unpaired) electrons. The number of aromatic nitrogens is 3. The zero-order valence-corrected chi connectivity index (χ0v) is 10.5. The molecule has 18 heavy (non-hydrogen) atoms. The van der Waals surface area contributed by atoms with E-state index in [1.165, 1.54) is 0 Å². The molecular formula is C11H19N5O2. The molecule has 1 aromatic heterocycles. The van der Waals surface area contributed by atoms with Gasteiger partial charge in [0.1, 0.15) is 5.82 Å². The van der Waals surface area contributed by atoms with Crippen LogP contribution in [-0.2, 0) is 4.74 Å². The van der Waals surface area contributed by atoms with Gasteiger partial charge in [-0.3, -0.25) is 9.89 Å². The lowest BCUT2D eigenvalue weighted by Gasteiger charge is -2.22.